The fourth-order valence-electron chi connectivity index (χ4n) is 4.04. The molecule has 0 saturated carbocycles. The van der Waals surface area contributed by atoms with E-state index in [0.717, 1.165) is 22.4 Å². The summed E-state index contributed by atoms with van der Waals surface area (Å²) in [5, 5.41) is 3.10. The first kappa shape index (κ1) is 29.1. The first-order valence-corrected chi connectivity index (χ1v) is 13.8. The summed E-state index contributed by atoms with van der Waals surface area (Å²) < 4.78 is 10.6. The van der Waals surface area contributed by atoms with Gasteiger partial charge in [0.2, 0.25) is 11.8 Å². The predicted octanol–water partition coefficient (Wildman–Crippen LogP) is 5.49. The van der Waals surface area contributed by atoms with Crippen molar-refractivity contribution in [3.05, 3.63) is 95.6 Å². The first-order chi connectivity index (χ1) is 18.2. The Kier molecular flexibility index (Phi) is 10.7. The van der Waals surface area contributed by atoms with Gasteiger partial charge in [-0.2, -0.15) is 0 Å². The van der Waals surface area contributed by atoms with Gasteiger partial charge in [-0.3, -0.25) is 9.59 Å². The molecule has 0 bridgehead atoms. The molecule has 6 nitrogen and oxygen atoms in total. The number of carbonyl (C=O) groups excluding carboxylic acids is 2. The summed E-state index contributed by atoms with van der Waals surface area (Å²) in [6.07, 6.45) is 0.418. The fraction of sp³-hybridized carbons (Fsp3) is 0.355. The maximum absolute atomic E-state index is 13.8. The van der Waals surface area contributed by atoms with Crippen LogP contribution in [0.5, 0.6) is 11.5 Å². The summed E-state index contributed by atoms with van der Waals surface area (Å²) in [7, 11) is 3.26. The van der Waals surface area contributed by atoms with E-state index >= 15 is 0 Å². The molecule has 0 saturated heterocycles. The number of carbonyl (C=O) groups is 2. The third-order valence-electron chi connectivity index (χ3n) is 5.91. The molecule has 0 aliphatic rings. The van der Waals surface area contributed by atoms with Crippen LogP contribution >= 0.6 is 11.8 Å². The molecule has 3 rings (SSSR count). The quantitative estimate of drug-likeness (QED) is 0.333. The number of hydrogen-bond donors (Lipinski definition) is 1. The van der Waals surface area contributed by atoms with Crippen molar-refractivity contribution in [3.63, 3.8) is 0 Å². The van der Waals surface area contributed by atoms with Gasteiger partial charge in [0, 0.05) is 24.3 Å². The van der Waals surface area contributed by atoms with Gasteiger partial charge in [0.1, 0.15) is 17.5 Å². The minimum Gasteiger partial charge on any atom is -0.497 e. The smallest absolute Gasteiger partial charge is 0.243 e. The maximum atomic E-state index is 13.8. The maximum Gasteiger partial charge on any atom is 0.243 e. The first-order valence-electron chi connectivity index (χ1n) is 12.7. The van der Waals surface area contributed by atoms with Crippen LogP contribution in [0.3, 0.4) is 0 Å². The largest absolute Gasteiger partial charge is 0.497 e. The molecule has 1 atom stereocenters. The third kappa shape index (κ3) is 9.14. The molecule has 7 heteroatoms. The Morgan fingerprint density at radius 3 is 2.13 bits per heavy atom. The van der Waals surface area contributed by atoms with Crippen LogP contribution in [0.4, 0.5) is 0 Å². The summed E-state index contributed by atoms with van der Waals surface area (Å²) in [5.41, 5.74) is 2.57. The van der Waals surface area contributed by atoms with Crippen molar-refractivity contribution < 1.29 is 19.1 Å². The summed E-state index contributed by atoms with van der Waals surface area (Å²) >= 11 is 1.53. The lowest BCUT2D eigenvalue weighted by molar-refractivity contribution is -0.140. The molecule has 38 heavy (non-hydrogen) atoms. The van der Waals surface area contributed by atoms with Crippen LogP contribution in [0.25, 0.3) is 0 Å². The van der Waals surface area contributed by atoms with Crippen LogP contribution < -0.4 is 14.8 Å². The van der Waals surface area contributed by atoms with Crippen LogP contribution in [-0.4, -0.2) is 48.3 Å². The third-order valence-corrected chi connectivity index (χ3v) is 6.90. The molecule has 3 aromatic carbocycles. The number of nitrogens with one attached hydrogen (secondary N) is 1. The number of hydrogen-bond acceptors (Lipinski definition) is 5. The standard InChI is InChI=1S/C31H38N2O4S/c1-31(2,3)32-30(35)28(19-23-10-7-6-8-11-23)33(20-25-12-9-13-27(18-25)37-5)29(34)22-38-21-24-14-16-26(36-4)17-15-24/h6-18,28H,19-22H2,1-5H3,(H,32,35)/t28-/m0/s1. The van der Waals surface area contributed by atoms with Crippen LogP contribution in [0.1, 0.15) is 37.5 Å². The van der Waals surface area contributed by atoms with Crippen molar-refractivity contribution in [2.45, 2.75) is 51.1 Å². The van der Waals surface area contributed by atoms with E-state index in [9.17, 15) is 9.59 Å². The molecule has 3 aromatic rings. The average Bonchev–Trinajstić information content (AvgIpc) is 2.90. The summed E-state index contributed by atoms with van der Waals surface area (Å²) in [6, 6.07) is 24.6. The van der Waals surface area contributed by atoms with E-state index in [0.29, 0.717) is 24.5 Å². The molecule has 0 aromatic heterocycles. The monoisotopic (exact) mass is 534 g/mol. The van der Waals surface area contributed by atoms with Gasteiger partial charge in [0.15, 0.2) is 0 Å². The van der Waals surface area contributed by atoms with Gasteiger partial charge in [-0.25, -0.2) is 0 Å². The van der Waals surface area contributed by atoms with Crippen molar-refractivity contribution in [1.29, 1.82) is 0 Å². The Morgan fingerprint density at radius 1 is 0.842 bits per heavy atom. The fourth-order valence-corrected chi connectivity index (χ4v) is 4.91. The average molecular weight is 535 g/mol. The van der Waals surface area contributed by atoms with Crippen LogP contribution in [0.15, 0.2) is 78.9 Å². The molecule has 1 N–H and O–H groups in total. The highest BCUT2D eigenvalue weighted by atomic mass is 32.2. The summed E-state index contributed by atoms with van der Waals surface area (Å²) in [6.45, 7) is 6.14. The number of rotatable bonds is 12. The van der Waals surface area contributed by atoms with Gasteiger partial charge in [0.05, 0.1) is 20.0 Å². The lowest BCUT2D eigenvalue weighted by Crippen LogP contribution is -2.54. The van der Waals surface area contributed by atoms with Crippen LogP contribution in [0, 0.1) is 0 Å². The SMILES string of the molecule is COc1ccc(CSCC(=O)N(Cc2cccc(OC)c2)[C@@H](Cc2ccccc2)C(=O)NC(C)(C)C)cc1. The molecule has 0 radical (unpaired) electrons. The molecule has 202 valence electrons. The van der Waals surface area contributed by atoms with Gasteiger partial charge in [-0.15, -0.1) is 11.8 Å². The van der Waals surface area contributed by atoms with Gasteiger partial charge in [0.25, 0.3) is 0 Å². The van der Waals surface area contributed by atoms with Crippen LogP contribution in [-0.2, 0) is 28.3 Å². The van der Waals surface area contributed by atoms with E-state index in [2.05, 4.69) is 5.32 Å². The zero-order valence-electron chi connectivity index (χ0n) is 22.9. The number of methoxy groups -OCH3 is 2. The number of nitrogens with zero attached hydrogens (tertiary/aromatic N) is 1. The Bertz CT molecular complexity index is 1180. The lowest BCUT2D eigenvalue weighted by atomic mass is 10.0. The van der Waals surface area contributed by atoms with Crippen molar-refractivity contribution in [2.75, 3.05) is 20.0 Å². The van der Waals surface area contributed by atoms with Gasteiger partial charge in [-0.1, -0.05) is 54.6 Å². The van der Waals surface area contributed by atoms with E-state index in [1.165, 1.54) is 11.8 Å². The van der Waals surface area contributed by atoms with E-state index in [-0.39, 0.29) is 17.6 Å². The highest BCUT2D eigenvalue weighted by Gasteiger charge is 2.32. The van der Waals surface area contributed by atoms with Crippen molar-refractivity contribution in [3.8, 4) is 11.5 Å². The number of amides is 2. The Labute approximate surface area is 230 Å². The zero-order valence-corrected chi connectivity index (χ0v) is 23.7. The molecule has 0 unspecified atom stereocenters. The lowest BCUT2D eigenvalue weighted by Gasteiger charge is -2.34. The highest BCUT2D eigenvalue weighted by Crippen LogP contribution is 2.22. The van der Waals surface area contributed by atoms with E-state index in [1.807, 2.05) is 99.6 Å². The molecule has 0 heterocycles. The molecular formula is C31H38N2O4S. The van der Waals surface area contributed by atoms with Gasteiger partial charge in [-0.05, 0) is 61.7 Å². The van der Waals surface area contributed by atoms with E-state index < -0.39 is 11.6 Å². The molecule has 0 aliphatic heterocycles. The highest BCUT2D eigenvalue weighted by molar-refractivity contribution is 7.99. The molecule has 0 fully saturated rings. The number of benzene rings is 3. The number of thioether (sulfide) groups is 1. The topological polar surface area (TPSA) is 67.9 Å². The molecular weight excluding hydrogens is 496 g/mol. The van der Waals surface area contributed by atoms with Gasteiger partial charge >= 0.3 is 0 Å². The second-order valence-corrected chi connectivity index (χ2v) is 11.1. The zero-order chi connectivity index (χ0) is 27.5. The Hall–Kier alpha value is -3.45. The van der Waals surface area contributed by atoms with E-state index in [4.69, 9.17) is 9.47 Å². The molecule has 0 aliphatic carbocycles. The second kappa shape index (κ2) is 13.9. The Balaban J connectivity index is 1.86. The summed E-state index contributed by atoms with van der Waals surface area (Å²) in [5.74, 6) is 2.19. The number of ether oxygens (including phenoxy) is 2. The van der Waals surface area contributed by atoms with Crippen molar-refractivity contribution in [2.24, 2.45) is 0 Å². The normalized spacial score (nSPS) is 11.9. The van der Waals surface area contributed by atoms with Gasteiger partial charge < -0.3 is 19.7 Å². The molecule has 2 amide bonds. The van der Waals surface area contributed by atoms with Crippen molar-refractivity contribution >= 4 is 23.6 Å². The van der Waals surface area contributed by atoms with E-state index in [1.54, 1.807) is 19.1 Å². The van der Waals surface area contributed by atoms with Crippen LogP contribution in [0.2, 0.25) is 0 Å². The molecule has 0 spiro atoms. The Morgan fingerprint density at radius 2 is 1.50 bits per heavy atom. The van der Waals surface area contributed by atoms with Crippen molar-refractivity contribution in [1.82, 2.24) is 10.2 Å². The summed E-state index contributed by atoms with van der Waals surface area (Å²) in [4.78, 5) is 29.1. The minimum atomic E-state index is -0.670. The predicted molar refractivity (Wildman–Crippen MR) is 155 cm³/mol. The minimum absolute atomic E-state index is 0.0867. The second-order valence-electron chi connectivity index (χ2n) is 10.2.